The van der Waals surface area contributed by atoms with E-state index in [2.05, 4.69) is 4.98 Å². The zero-order valence-electron chi connectivity index (χ0n) is 10.3. The summed E-state index contributed by atoms with van der Waals surface area (Å²) in [7, 11) is 0. The van der Waals surface area contributed by atoms with E-state index in [0.717, 1.165) is 12.1 Å². The Morgan fingerprint density at radius 2 is 2.15 bits per heavy atom. The molecule has 7 nitrogen and oxygen atoms in total. The van der Waals surface area contributed by atoms with Gasteiger partial charge in [-0.3, -0.25) is 19.5 Å². The van der Waals surface area contributed by atoms with E-state index in [-0.39, 0.29) is 29.4 Å². The van der Waals surface area contributed by atoms with Gasteiger partial charge < -0.3 is 5.73 Å². The predicted octanol–water partition coefficient (Wildman–Crippen LogP) is 0.121. The minimum atomic E-state index is -0.950. The summed E-state index contributed by atoms with van der Waals surface area (Å²) in [5.41, 5.74) is 4.65. The second-order valence-electron chi connectivity index (χ2n) is 4.07. The average Bonchev–Trinajstić information content (AvgIpc) is 2.37. The van der Waals surface area contributed by atoms with Crippen molar-refractivity contribution in [2.45, 2.75) is 13.0 Å². The summed E-state index contributed by atoms with van der Waals surface area (Å²) in [5.74, 6) is -1.08. The average molecular weight is 278 g/mol. The first-order valence-corrected chi connectivity index (χ1v) is 5.71. The Labute approximate surface area is 112 Å². The highest BCUT2D eigenvalue weighted by Crippen LogP contribution is 2.08. The Bertz CT molecular complexity index is 741. The molecule has 8 heteroatoms. The van der Waals surface area contributed by atoms with Crippen LogP contribution in [0, 0.1) is 5.82 Å². The van der Waals surface area contributed by atoms with Crippen molar-refractivity contribution in [1.29, 1.82) is 0 Å². The van der Waals surface area contributed by atoms with E-state index >= 15 is 0 Å². The van der Waals surface area contributed by atoms with Crippen LogP contribution in [0.25, 0.3) is 10.9 Å². The van der Waals surface area contributed by atoms with Crippen LogP contribution in [-0.2, 0) is 11.3 Å². The quantitative estimate of drug-likeness (QED) is 0.831. The van der Waals surface area contributed by atoms with Gasteiger partial charge in [-0.05, 0) is 12.1 Å². The maximum atomic E-state index is 13.0. The van der Waals surface area contributed by atoms with Crippen LogP contribution in [0.4, 0.5) is 9.18 Å². The number of benzene rings is 1. The molecule has 0 aliphatic carbocycles. The third-order valence-electron chi connectivity index (χ3n) is 2.63. The summed E-state index contributed by atoms with van der Waals surface area (Å²) in [6.07, 6.45) is 1.12. The molecule has 0 saturated carbocycles. The molecule has 0 atom stereocenters. The Kier molecular flexibility index (Phi) is 3.74. The van der Waals surface area contributed by atoms with Gasteiger partial charge in [0.05, 0.1) is 17.2 Å². The third kappa shape index (κ3) is 2.97. The molecule has 1 aromatic carbocycles. The number of rotatable bonds is 3. The minimum Gasteiger partial charge on any atom is -0.351 e. The number of primary amides is 1. The van der Waals surface area contributed by atoms with Gasteiger partial charge in [0.2, 0.25) is 5.91 Å². The summed E-state index contributed by atoms with van der Waals surface area (Å²) in [4.78, 5) is 37.7. The molecule has 0 aliphatic rings. The van der Waals surface area contributed by atoms with Gasteiger partial charge in [0, 0.05) is 19.0 Å². The Hall–Kier alpha value is -2.77. The number of imide groups is 1. The van der Waals surface area contributed by atoms with Gasteiger partial charge in [-0.25, -0.2) is 14.2 Å². The zero-order chi connectivity index (χ0) is 14.7. The summed E-state index contributed by atoms with van der Waals surface area (Å²) < 4.78 is 14.2. The normalized spacial score (nSPS) is 10.4. The molecule has 20 heavy (non-hydrogen) atoms. The summed E-state index contributed by atoms with van der Waals surface area (Å²) in [6, 6.07) is 2.70. The molecule has 0 unspecified atom stereocenters. The van der Waals surface area contributed by atoms with E-state index < -0.39 is 17.8 Å². The second kappa shape index (κ2) is 5.47. The number of nitrogens with one attached hydrogen (secondary N) is 1. The molecule has 1 heterocycles. The van der Waals surface area contributed by atoms with Crippen LogP contribution >= 0.6 is 0 Å². The molecule has 3 N–H and O–H groups in total. The standard InChI is InChI=1S/C12H11FN4O3/c13-7-1-2-8-9(5-7)15-6-17(11(8)19)4-3-10(18)16-12(14)20/h1-2,5-6H,3-4H2,(H3,14,16,18,20). The number of nitrogens with two attached hydrogens (primary N) is 1. The van der Waals surface area contributed by atoms with Gasteiger partial charge >= 0.3 is 6.03 Å². The number of aryl methyl sites for hydroxylation is 1. The first-order valence-electron chi connectivity index (χ1n) is 5.71. The number of nitrogens with zero attached hydrogens (tertiary/aromatic N) is 2. The maximum absolute atomic E-state index is 13.0. The number of amides is 3. The summed E-state index contributed by atoms with van der Waals surface area (Å²) in [5, 5.41) is 2.15. The molecule has 0 radical (unpaired) electrons. The number of carbonyl (C=O) groups is 2. The molecular formula is C12H11FN4O3. The van der Waals surface area contributed by atoms with Gasteiger partial charge in [0.15, 0.2) is 0 Å². The topological polar surface area (TPSA) is 107 Å². The fourth-order valence-corrected chi connectivity index (χ4v) is 1.71. The highest BCUT2D eigenvalue weighted by Gasteiger charge is 2.08. The van der Waals surface area contributed by atoms with Crippen LogP contribution in [0.3, 0.4) is 0 Å². The first-order chi connectivity index (χ1) is 9.47. The number of hydrogen-bond acceptors (Lipinski definition) is 4. The van der Waals surface area contributed by atoms with Crippen LogP contribution < -0.4 is 16.6 Å². The SMILES string of the molecule is NC(=O)NC(=O)CCn1cnc2cc(F)ccc2c1=O. The van der Waals surface area contributed by atoms with E-state index in [1.807, 2.05) is 5.32 Å². The predicted molar refractivity (Wildman–Crippen MR) is 68.3 cm³/mol. The maximum Gasteiger partial charge on any atom is 0.318 e. The van der Waals surface area contributed by atoms with E-state index in [0.29, 0.717) is 0 Å². The fourth-order valence-electron chi connectivity index (χ4n) is 1.71. The van der Waals surface area contributed by atoms with Crippen molar-refractivity contribution in [3.05, 3.63) is 40.7 Å². The number of hydrogen-bond donors (Lipinski definition) is 2. The monoisotopic (exact) mass is 278 g/mol. The molecule has 104 valence electrons. The van der Waals surface area contributed by atoms with Crippen molar-refractivity contribution in [3.8, 4) is 0 Å². The highest BCUT2D eigenvalue weighted by molar-refractivity contribution is 5.93. The van der Waals surface area contributed by atoms with E-state index in [1.165, 1.54) is 17.0 Å². The van der Waals surface area contributed by atoms with Crippen LogP contribution in [-0.4, -0.2) is 21.5 Å². The summed E-state index contributed by atoms with van der Waals surface area (Å²) >= 11 is 0. The molecule has 0 saturated heterocycles. The van der Waals surface area contributed by atoms with E-state index in [9.17, 15) is 18.8 Å². The van der Waals surface area contributed by atoms with Gasteiger partial charge in [0.25, 0.3) is 5.56 Å². The highest BCUT2D eigenvalue weighted by atomic mass is 19.1. The lowest BCUT2D eigenvalue weighted by Gasteiger charge is -2.06. The van der Waals surface area contributed by atoms with Crippen molar-refractivity contribution in [1.82, 2.24) is 14.9 Å². The number of fused-ring (bicyclic) bond motifs is 1. The zero-order valence-corrected chi connectivity index (χ0v) is 10.3. The van der Waals surface area contributed by atoms with Crippen LogP contribution in [0.5, 0.6) is 0 Å². The lowest BCUT2D eigenvalue weighted by atomic mass is 10.2. The lowest BCUT2D eigenvalue weighted by molar-refractivity contribution is -0.120. The van der Waals surface area contributed by atoms with Crippen molar-refractivity contribution in [3.63, 3.8) is 0 Å². The first kappa shape index (κ1) is 13.7. The van der Waals surface area contributed by atoms with Gasteiger partial charge in [-0.2, -0.15) is 0 Å². The molecule has 2 aromatic rings. The Morgan fingerprint density at radius 3 is 2.85 bits per heavy atom. The number of carbonyl (C=O) groups excluding carboxylic acids is 2. The molecule has 3 amide bonds. The molecule has 1 aromatic heterocycles. The van der Waals surface area contributed by atoms with Gasteiger partial charge in [0.1, 0.15) is 5.82 Å². The smallest absolute Gasteiger partial charge is 0.318 e. The van der Waals surface area contributed by atoms with Crippen molar-refractivity contribution >= 4 is 22.8 Å². The minimum absolute atomic E-state index is 0.0399. The van der Waals surface area contributed by atoms with Crippen LogP contribution in [0.1, 0.15) is 6.42 Å². The van der Waals surface area contributed by atoms with E-state index in [4.69, 9.17) is 5.73 Å². The lowest BCUT2D eigenvalue weighted by Crippen LogP contribution is -2.36. The number of urea groups is 1. The second-order valence-corrected chi connectivity index (χ2v) is 4.07. The number of halogens is 1. The molecule has 2 rings (SSSR count). The van der Waals surface area contributed by atoms with Crippen molar-refractivity contribution in [2.75, 3.05) is 0 Å². The van der Waals surface area contributed by atoms with E-state index in [1.54, 1.807) is 0 Å². The van der Waals surface area contributed by atoms with Gasteiger partial charge in [-0.1, -0.05) is 0 Å². The van der Waals surface area contributed by atoms with Gasteiger partial charge in [-0.15, -0.1) is 0 Å². The van der Waals surface area contributed by atoms with Crippen molar-refractivity contribution < 1.29 is 14.0 Å². The third-order valence-corrected chi connectivity index (χ3v) is 2.63. The fraction of sp³-hybridized carbons (Fsp3) is 0.167. The van der Waals surface area contributed by atoms with Crippen LogP contribution in [0.15, 0.2) is 29.3 Å². The number of aromatic nitrogens is 2. The Balaban J connectivity index is 2.21. The molecule has 0 fully saturated rings. The largest absolute Gasteiger partial charge is 0.351 e. The summed E-state index contributed by atoms with van der Waals surface area (Å²) in [6.45, 7) is 0.0399. The molecule has 0 aliphatic heterocycles. The van der Waals surface area contributed by atoms with Crippen LogP contribution in [0.2, 0.25) is 0 Å². The molecule has 0 spiro atoms. The van der Waals surface area contributed by atoms with Crippen molar-refractivity contribution in [2.24, 2.45) is 5.73 Å². The molecular weight excluding hydrogens is 267 g/mol. The molecule has 0 bridgehead atoms. The Morgan fingerprint density at radius 1 is 1.40 bits per heavy atom.